The van der Waals surface area contributed by atoms with Gasteiger partial charge in [0.15, 0.2) is 0 Å². The van der Waals surface area contributed by atoms with Crippen LogP contribution >= 0.6 is 12.4 Å². The van der Waals surface area contributed by atoms with Crippen LogP contribution in [-0.4, -0.2) is 18.6 Å². The van der Waals surface area contributed by atoms with Crippen molar-refractivity contribution in [3.05, 3.63) is 10.4 Å². The first-order valence-corrected chi connectivity index (χ1v) is 3.61. The molecule has 11 heavy (non-hydrogen) atoms. The highest BCUT2D eigenvalue weighted by Gasteiger charge is 2.49. The molecule has 1 N–H and O–H groups in total. The Kier molecular flexibility index (Phi) is 2.28. The second kappa shape index (κ2) is 2.89. The van der Waals surface area contributed by atoms with E-state index < -0.39 is 0 Å². The molecule has 0 aromatic heterocycles. The average Bonchev–Trinajstić information content (AvgIpc) is 2.39. The van der Waals surface area contributed by atoms with Crippen LogP contribution in [0.15, 0.2) is 5.11 Å². The monoisotopic (exact) mass is 174 g/mol. The van der Waals surface area contributed by atoms with E-state index in [1.54, 1.807) is 0 Å². The highest BCUT2D eigenvalue weighted by molar-refractivity contribution is 5.85. The van der Waals surface area contributed by atoms with E-state index in [9.17, 15) is 0 Å². The van der Waals surface area contributed by atoms with Crippen LogP contribution in [0.1, 0.15) is 12.8 Å². The topological polar surface area (TPSA) is 60.8 Å². The third-order valence-corrected chi connectivity index (χ3v) is 2.56. The van der Waals surface area contributed by atoms with Gasteiger partial charge in [-0.05, 0) is 30.8 Å². The van der Waals surface area contributed by atoms with Gasteiger partial charge < -0.3 is 5.32 Å². The van der Waals surface area contributed by atoms with Crippen LogP contribution in [0, 0.1) is 5.92 Å². The molecule has 4 nitrogen and oxygen atoms in total. The van der Waals surface area contributed by atoms with Crippen LogP contribution in [0.25, 0.3) is 10.4 Å². The average molecular weight is 175 g/mol. The Labute approximate surface area is 71.4 Å². The zero-order chi connectivity index (χ0) is 7.03. The maximum absolute atomic E-state index is 8.09. The summed E-state index contributed by atoms with van der Waals surface area (Å²) in [5.41, 5.74) is 8.31. The first kappa shape index (κ1) is 8.65. The molecule has 1 aliphatic carbocycles. The Morgan fingerprint density at radius 1 is 1.64 bits per heavy atom. The van der Waals surface area contributed by atoms with Crippen molar-refractivity contribution in [2.75, 3.05) is 13.1 Å². The Hall–Kier alpha value is -0.440. The van der Waals surface area contributed by atoms with Crippen LogP contribution in [0.4, 0.5) is 0 Å². The van der Waals surface area contributed by atoms with Gasteiger partial charge in [-0.25, -0.2) is 0 Å². The standard InChI is InChI=1S/C6H10N4.ClH/c7-10-9-4-6-1-5(2-6)3-8-6;/h5,8H,1-4H2;1H. The summed E-state index contributed by atoms with van der Waals surface area (Å²) in [5, 5.41) is 6.96. The predicted molar refractivity (Wildman–Crippen MR) is 44.7 cm³/mol. The number of halogens is 1. The molecule has 1 saturated carbocycles. The molecular formula is C6H11ClN4. The normalized spacial score (nSPS) is 38.4. The lowest BCUT2D eigenvalue weighted by Crippen LogP contribution is -2.45. The Balaban J connectivity index is 0.000000605. The maximum Gasteiger partial charge on any atom is 0.0441 e. The minimum Gasteiger partial charge on any atom is -0.311 e. The van der Waals surface area contributed by atoms with E-state index in [2.05, 4.69) is 15.3 Å². The SMILES string of the molecule is Cl.[N-]=[N+]=NCC12CC(CN1)C2. The minimum atomic E-state index is 0. The maximum atomic E-state index is 8.09. The van der Waals surface area contributed by atoms with Crippen LogP contribution in [-0.2, 0) is 0 Å². The number of fused-ring (bicyclic) bond motifs is 1. The van der Waals surface area contributed by atoms with Crippen molar-refractivity contribution >= 4 is 12.4 Å². The van der Waals surface area contributed by atoms with Crippen LogP contribution < -0.4 is 5.32 Å². The van der Waals surface area contributed by atoms with E-state index in [0.29, 0.717) is 6.54 Å². The summed E-state index contributed by atoms with van der Waals surface area (Å²) in [5.74, 6) is 0.869. The Bertz CT molecular complexity index is 187. The molecule has 2 aliphatic heterocycles. The Morgan fingerprint density at radius 3 is 2.82 bits per heavy atom. The summed E-state index contributed by atoms with van der Waals surface area (Å²) in [6.07, 6.45) is 2.43. The molecule has 5 heteroatoms. The molecular weight excluding hydrogens is 164 g/mol. The van der Waals surface area contributed by atoms with E-state index in [1.165, 1.54) is 12.8 Å². The van der Waals surface area contributed by atoms with Gasteiger partial charge in [-0.15, -0.1) is 12.4 Å². The summed E-state index contributed by atoms with van der Waals surface area (Å²) in [6.45, 7) is 1.76. The number of hydrogen-bond donors (Lipinski definition) is 1. The van der Waals surface area contributed by atoms with E-state index >= 15 is 0 Å². The van der Waals surface area contributed by atoms with Gasteiger partial charge in [-0.2, -0.15) is 0 Å². The van der Waals surface area contributed by atoms with E-state index in [1.807, 2.05) is 0 Å². The molecule has 3 aliphatic rings. The van der Waals surface area contributed by atoms with Gasteiger partial charge in [-0.1, -0.05) is 5.11 Å². The van der Waals surface area contributed by atoms with Gasteiger partial charge >= 0.3 is 0 Å². The second-order valence-electron chi connectivity index (χ2n) is 3.32. The number of hydrogen-bond acceptors (Lipinski definition) is 2. The van der Waals surface area contributed by atoms with E-state index in [-0.39, 0.29) is 17.9 Å². The van der Waals surface area contributed by atoms with Gasteiger partial charge in [0.2, 0.25) is 0 Å². The summed E-state index contributed by atoms with van der Waals surface area (Å²) in [7, 11) is 0. The molecule has 0 aromatic rings. The molecule has 2 heterocycles. The first-order chi connectivity index (χ1) is 4.85. The fourth-order valence-corrected chi connectivity index (χ4v) is 2.05. The molecule has 0 unspecified atom stereocenters. The zero-order valence-corrected chi connectivity index (χ0v) is 6.97. The van der Waals surface area contributed by atoms with E-state index in [4.69, 9.17) is 5.53 Å². The third-order valence-electron chi connectivity index (χ3n) is 2.56. The fraction of sp³-hybridized carbons (Fsp3) is 1.00. The lowest BCUT2D eigenvalue weighted by Gasteiger charge is -2.36. The molecule has 3 rings (SSSR count). The van der Waals surface area contributed by atoms with Crippen LogP contribution in [0.5, 0.6) is 0 Å². The largest absolute Gasteiger partial charge is 0.311 e. The molecule has 3 fully saturated rings. The lowest BCUT2D eigenvalue weighted by atomic mass is 9.74. The third kappa shape index (κ3) is 1.29. The quantitative estimate of drug-likeness (QED) is 0.385. The van der Waals surface area contributed by atoms with Gasteiger partial charge in [0, 0.05) is 17.0 Å². The molecule has 2 bridgehead atoms. The summed E-state index contributed by atoms with van der Waals surface area (Å²) in [4.78, 5) is 2.75. The van der Waals surface area contributed by atoms with Gasteiger partial charge in [0.05, 0.1) is 0 Å². The number of nitrogens with one attached hydrogen (secondary N) is 1. The van der Waals surface area contributed by atoms with Crippen molar-refractivity contribution in [1.29, 1.82) is 0 Å². The van der Waals surface area contributed by atoms with Crippen LogP contribution in [0.3, 0.4) is 0 Å². The minimum absolute atomic E-state index is 0. The lowest BCUT2D eigenvalue weighted by molar-refractivity contribution is 0.235. The van der Waals surface area contributed by atoms with Gasteiger partial charge in [0.1, 0.15) is 0 Å². The van der Waals surface area contributed by atoms with Crippen molar-refractivity contribution in [2.24, 2.45) is 11.0 Å². The molecule has 0 amide bonds. The smallest absolute Gasteiger partial charge is 0.0441 e. The molecule has 62 valence electrons. The zero-order valence-electron chi connectivity index (χ0n) is 6.16. The van der Waals surface area contributed by atoms with Crippen LogP contribution in [0.2, 0.25) is 0 Å². The number of nitrogens with zero attached hydrogens (tertiary/aromatic N) is 3. The Morgan fingerprint density at radius 2 is 2.36 bits per heavy atom. The van der Waals surface area contributed by atoms with E-state index in [0.717, 1.165) is 12.5 Å². The van der Waals surface area contributed by atoms with Crippen molar-refractivity contribution in [2.45, 2.75) is 18.4 Å². The van der Waals surface area contributed by atoms with Crippen molar-refractivity contribution in [3.8, 4) is 0 Å². The summed E-state index contributed by atoms with van der Waals surface area (Å²) in [6, 6.07) is 0. The highest BCUT2D eigenvalue weighted by atomic mass is 35.5. The molecule has 0 radical (unpaired) electrons. The molecule has 0 aromatic carbocycles. The molecule has 0 atom stereocenters. The van der Waals surface area contributed by atoms with Gasteiger partial charge in [-0.3, -0.25) is 0 Å². The first-order valence-electron chi connectivity index (χ1n) is 3.61. The number of rotatable bonds is 2. The van der Waals surface area contributed by atoms with Gasteiger partial charge in [0.25, 0.3) is 0 Å². The summed E-state index contributed by atoms with van der Waals surface area (Å²) >= 11 is 0. The van der Waals surface area contributed by atoms with Crippen molar-refractivity contribution in [1.82, 2.24) is 5.32 Å². The fourth-order valence-electron chi connectivity index (χ4n) is 2.05. The summed E-state index contributed by atoms with van der Waals surface area (Å²) < 4.78 is 0. The second-order valence-corrected chi connectivity index (χ2v) is 3.32. The molecule has 2 saturated heterocycles. The van der Waals surface area contributed by atoms with Crippen molar-refractivity contribution < 1.29 is 0 Å². The van der Waals surface area contributed by atoms with Crippen molar-refractivity contribution in [3.63, 3.8) is 0 Å². The molecule has 0 spiro atoms. The highest BCUT2D eigenvalue weighted by Crippen LogP contribution is 2.43. The number of azide groups is 1. The predicted octanol–water partition coefficient (Wildman–Crippen LogP) is 1.47.